The van der Waals surface area contributed by atoms with Gasteiger partial charge in [0, 0.05) is 37.7 Å². The average Bonchev–Trinajstić information content (AvgIpc) is 3.33. The molecule has 3 aromatic rings. The van der Waals surface area contributed by atoms with Crippen LogP contribution in [0.1, 0.15) is 34.3 Å². The molecule has 0 atom stereocenters. The Labute approximate surface area is 183 Å². The fraction of sp³-hybridized carbons (Fsp3) is 0.261. The van der Waals surface area contributed by atoms with Gasteiger partial charge in [-0.3, -0.25) is 4.79 Å². The second kappa shape index (κ2) is 9.25. The lowest BCUT2D eigenvalue weighted by Crippen LogP contribution is -2.19. The molecular weight excluding hydrogens is 419 g/mol. The smallest absolute Gasteiger partial charge is 0.365 e. The normalized spacial score (nSPS) is 13.8. The molecule has 0 aliphatic carbocycles. The zero-order valence-electron chi connectivity index (χ0n) is 17.2. The van der Waals surface area contributed by atoms with Crippen LogP contribution in [0.3, 0.4) is 0 Å². The molecule has 2 aromatic heterocycles. The summed E-state index contributed by atoms with van der Waals surface area (Å²) in [6, 6.07) is 11.5. The predicted molar refractivity (Wildman–Crippen MR) is 117 cm³/mol. The molecule has 0 bridgehead atoms. The zero-order chi connectivity index (χ0) is 22.6. The summed E-state index contributed by atoms with van der Waals surface area (Å²) >= 11 is 0. The number of carbonyl (C=O) groups is 1. The number of hydrogen-bond acceptors (Lipinski definition) is 5. The van der Waals surface area contributed by atoms with E-state index in [0.717, 1.165) is 49.4 Å². The van der Waals surface area contributed by atoms with E-state index in [-0.39, 0.29) is 5.69 Å². The molecule has 1 saturated heterocycles. The number of nitrogens with one attached hydrogen (secondary N) is 2. The second-order valence-corrected chi connectivity index (χ2v) is 7.50. The molecule has 0 radical (unpaired) electrons. The summed E-state index contributed by atoms with van der Waals surface area (Å²) in [5.74, 6) is 0.854. The van der Waals surface area contributed by atoms with Crippen LogP contribution in [0.2, 0.25) is 0 Å². The first kappa shape index (κ1) is 21.6. The van der Waals surface area contributed by atoms with Crippen molar-refractivity contribution in [3.05, 3.63) is 77.6 Å². The van der Waals surface area contributed by atoms with Gasteiger partial charge < -0.3 is 15.5 Å². The number of benzene rings is 1. The number of pyridine rings is 2. The van der Waals surface area contributed by atoms with Crippen molar-refractivity contribution in [2.75, 3.05) is 28.6 Å². The van der Waals surface area contributed by atoms with Gasteiger partial charge in [0.15, 0.2) is 0 Å². The van der Waals surface area contributed by atoms with Gasteiger partial charge in [0.05, 0.1) is 11.1 Å². The van der Waals surface area contributed by atoms with Crippen LogP contribution >= 0.6 is 0 Å². The highest BCUT2D eigenvalue weighted by Crippen LogP contribution is 2.30. The fourth-order valence-corrected chi connectivity index (χ4v) is 3.55. The molecule has 2 N–H and O–H groups in total. The number of aromatic nitrogens is 2. The maximum atomic E-state index is 12.7. The maximum Gasteiger partial charge on any atom is 0.416 e. The highest BCUT2D eigenvalue weighted by Gasteiger charge is 2.30. The summed E-state index contributed by atoms with van der Waals surface area (Å²) in [6.07, 6.45) is 1.23. The largest absolute Gasteiger partial charge is 0.416 e. The number of alkyl halides is 3. The molecule has 1 amide bonds. The Morgan fingerprint density at radius 1 is 1.00 bits per heavy atom. The minimum absolute atomic E-state index is 0.266. The Bertz CT molecular complexity index is 1080. The summed E-state index contributed by atoms with van der Waals surface area (Å²) in [6.45, 7) is 2.44. The third-order valence-electron chi connectivity index (χ3n) is 5.22. The van der Waals surface area contributed by atoms with E-state index in [4.69, 9.17) is 0 Å². The van der Waals surface area contributed by atoms with Crippen molar-refractivity contribution in [1.82, 2.24) is 9.97 Å². The third kappa shape index (κ3) is 5.16. The molecule has 4 rings (SSSR count). The van der Waals surface area contributed by atoms with Crippen molar-refractivity contribution in [2.45, 2.75) is 25.6 Å². The van der Waals surface area contributed by atoms with Crippen molar-refractivity contribution in [1.29, 1.82) is 0 Å². The van der Waals surface area contributed by atoms with E-state index in [2.05, 4.69) is 25.5 Å². The van der Waals surface area contributed by atoms with Crippen molar-refractivity contribution in [3.8, 4) is 0 Å². The molecule has 0 saturated carbocycles. The van der Waals surface area contributed by atoms with Crippen LogP contribution < -0.4 is 15.5 Å². The number of nitrogens with zero attached hydrogens (tertiary/aromatic N) is 3. The lowest BCUT2D eigenvalue weighted by molar-refractivity contribution is -0.137. The Morgan fingerprint density at radius 3 is 2.47 bits per heavy atom. The van der Waals surface area contributed by atoms with Gasteiger partial charge in [0.25, 0.3) is 5.91 Å². The van der Waals surface area contributed by atoms with E-state index in [1.54, 1.807) is 24.5 Å². The molecule has 166 valence electrons. The van der Waals surface area contributed by atoms with Crippen molar-refractivity contribution in [3.63, 3.8) is 0 Å². The van der Waals surface area contributed by atoms with E-state index in [0.29, 0.717) is 17.9 Å². The van der Waals surface area contributed by atoms with Gasteiger partial charge in [-0.1, -0.05) is 0 Å². The van der Waals surface area contributed by atoms with Crippen molar-refractivity contribution >= 4 is 23.2 Å². The van der Waals surface area contributed by atoms with E-state index in [9.17, 15) is 18.0 Å². The van der Waals surface area contributed by atoms with Crippen LogP contribution in [0, 0.1) is 0 Å². The van der Waals surface area contributed by atoms with E-state index in [1.165, 1.54) is 12.1 Å². The molecule has 1 aromatic carbocycles. The van der Waals surface area contributed by atoms with Gasteiger partial charge in [0.1, 0.15) is 11.6 Å². The van der Waals surface area contributed by atoms with Crippen LogP contribution in [-0.2, 0) is 12.7 Å². The van der Waals surface area contributed by atoms with E-state index in [1.807, 2.05) is 12.1 Å². The Morgan fingerprint density at radius 2 is 1.75 bits per heavy atom. The highest BCUT2D eigenvalue weighted by molar-refractivity contribution is 6.07. The van der Waals surface area contributed by atoms with E-state index < -0.39 is 17.6 Å². The number of hydrogen-bond donors (Lipinski definition) is 2. The van der Waals surface area contributed by atoms with Crippen LogP contribution in [0.25, 0.3) is 0 Å². The highest BCUT2D eigenvalue weighted by atomic mass is 19.4. The molecule has 9 heteroatoms. The van der Waals surface area contributed by atoms with Crippen LogP contribution in [0.5, 0.6) is 0 Å². The Hall–Kier alpha value is -3.62. The van der Waals surface area contributed by atoms with Crippen LogP contribution in [0.15, 0.2) is 60.9 Å². The van der Waals surface area contributed by atoms with Crippen molar-refractivity contribution in [2.24, 2.45) is 0 Å². The van der Waals surface area contributed by atoms with E-state index >= 15 is 0 Å². The molecule has 1 aliphatic heterocycles. The first-order valence-electron chi connectivity index (χ1n) is 10.3. The van der Waals surface area contributed by atoms with Gasteiger partial charge in [-0.25, -0.2) is 9.97 Å². The molecule has 0 unspecified atom stereocenters. The molecule has 32 heavy (non-hydrogen) atoms. The average molecular weight is 441 g/mol. The first-order chi connectivity index (χ1) is 15.4. The zero-order valence-corrected chi connectivity index (χ0v) is 17.2. The summed E-state index contributed by atoms with van der Waals surface area (Å²) in [7, 11) is 0. The Balaban J connectivity index is 1.43. The van der Waals surface area contributed by atoms with Gasteiger partial charge in [-0.05, 0) is 66.9 Å². The summed E-state index contributed by atoms with van der Waals surface area (Å²) in [5, 5.41) is 5.79. The molecule has 1 fully saturated rings. The molecule has 6 nitrogen and oxygen atoms in total. The minimum Gasteiger partial charge on any atom is -0.365 e. The monoisotopic (exact) mass is 441 g/mol. The number of amides is 1. The molecule has 0 spiro atoms. The van der Waals surface area contributed by atoms with Crippen LogP contribution in [-0.4, -0.2) is 29.0 Å². The lowest BCUT2D eigenvalue weighted by Gasteiger charge is -2.17. The minimum atomic E-state index is -4.43. The predicted octanol–water partition coefficient (Wildman–Crippen LogP) is 4.96. The number of halogens is 3. The quantitative estimate of drug-likeness (QED) is 0.566. The van der Waals surface area contributed by atoms with Gasteiger partial charge in [0.2, 0.25) is 0 Å². The second-order valence-electron chi connectivity index (χ2n) is 7.50. The summed E-state index contributed by atoms with van der Waals surface area (Å²) in [5.41, 5.74) is 0.787. The fourth-order valence-electron chi connectivity index (χ4n) is 3.55. The number of anilines is 3. The molecule has 3 heterocycles. The maximum absolute atomic E-state index is 12.7. The Kier molecular flexibility index (Phi) is 6.25. The van der Waals surface area contributed by atoms with Gasteiger partial charge in [-0.2, -0.15) is 13.2 Å². The van der Waals surface area contributed by atoms with Crippen molar-refractivity contribution < 1.29 is 18.0 Å². The lowest BCUT2D eigenvalue weighted by atomic mass is 10.2. The standard InChI is InChI=1S/C23H22F3N5O/c24-23(25,26)17-5-7-18(8-6-17)30-22(32)19-4-3-10-28-21(19)29-15-16-9-11-27-20(14-16)31-12-1-2-13-31/h3-11,14H,1-2,12-13,15H2,(H,28,29)(H,30,32). The summed E-state index contributed by atoms with van der Waals surface area (Å²) < 4.78 is 38.2. The van der Waals surface area contributed by atoms with Gasteiger partial charge >= 0.3 is 6.18 Å². The number of rotatable bonds is 6. The van der Waals surface area contributed by atoms with Gasteiger partial charge in [-0.15, -0.1) is 0 Å². The number of carbonyl (C=O) groups excluding carboxylic acids is 1. The molecule has 1 aliphatic rings. The third-order valence-corrected chi connectivity index (χ3v) is 5.22. The first-order valence-corrected chi connectivity index (χ1v) is 10.3. The SMILES string of the molecule is O=C(Nc1ccc(C(F)(F)F)cc1)c1cccnc1NCc1ccnc(N2CCCC2)c1. The van der Waals surface area contributed by atoms with Crippen LogP contribution in [0.4, 0.5) is 30.5 Å². The summed E-state index contributed by atoms with van der Waals surface area (Å²) in [4.78, 5) is 23.7. The molecular formula is C23H22F3N5O. The topological polar surface area (TPSA) is 70.1 Å².